The van der Waals surface area contributed by atoms with Crippen molar-refractivity contribution in [2.75, 3.05) is 6.54 Å². The summed E-state index contributed by atoms with van der Waals surface area (Å²) >= 11 is 7.47. The Hall–Kier alpha value is -1.64. The van der Waals surface area contributed by atoms with E-state index in [2.05, 4.69) is 20.5 Å². The van der Waals surface area contributed by atoms with Crippen LogP contribution in [0.5, 0.6) is 0 Å². The molecular formula is C11H12ClN7S. The molecule has 0 aliphatic heterocycles. The fraction of sp³-hybridized carbons (Fsp3) is 0.273. The number of nitrogens with two attached hydrogens (primary N) is 1. The van der Waals surface area contributed by atoms with Crippen molar-refractivity contribution >= 4 is 29.0 Å². The van der Waals surface area contributed by atoms with Crippen LogP contribution in [0.15, 0.2) is 29.7 Å². The first-order chi connectivity index (χ1) is 9.76. The summed E-state index contributed by atoms with van der Waals surface area (Å²) in [5.41, 5.74) is 7.32. The molecule has 0 spiro atoms. The molecule has 0 radical (unpaired) electrons. The Kier molecular flexibility index (Phi) is 3.86. The number of nitrogens with zero attached hydrogens (tertiary/aromatic N) is 6. The topological polar surface area (TPSA) is 86.9 Å². The van der Waals surface area contributed by atoms with Gasteiger partial charge in [0.2, 0.25) is 5.16 Å². The largest absolute Gasteiger partial charge is 0.329 e. The lowest BCUT2D eigenvalue weighted by atomic mass is 10.5. The summed E-state index contributed by atoms with van der Waals surface area (Å²) in [5, 5.41) is 12.9. The second-order valence-corrected chi connectivity index (χ2v) is 5.49. The lowest BCUT2D eigenvalue weighted by molar-refractivity contribution is 0.557. The Labute approximate surface area is 124 Å². The van der Waals surface area contributed by atoms with Gasteiger partial charge in [0.05, 0.1) is 17.3 Å². The predicted molar refractivity (Wildman–Crippen MR) is 76.6 cm³/mol. The van der Waals surface area contributed by atoms with Crippen LogP contribution in [0.3, 0.4) is 0 Å². The molecule has 0 fully saturated rings. The van der Waals surface area contributed by atoms with E-state index in [0.29, 0.717) is 23.9 Å². The number of hydrogen-bond acceptors (Lipinski definition) is 6. The first-order valence-electron chi connectivity index (χ1n) is 5.98. The van der Waals surface area contributed by atoms with E-state index in [4.69, 9.17) is 17.3 Å². The fourth-order valence-electron chi connectivity index (χ4n) is 1.79. The molecule has 3 aromatic heterocycles. The Morgan fingerprint density at radius 3 is 3.05 bits per heavy atom. The molecule has 0 saturated carbocycles. The Balaban J connectivity index is 1.74. The minimum absolute atomic E-state index is 0.505. The van der Waals surface area contributed by atoms with Crippen LogP contribution in [0.25, 0.3) is 5.65 Å². The van der Waals surface area contributed by atoms with Crippen LogP contribution in [-0.4, -0.2) is 36.1 Å². The zero-order valence-corrected chi connectivity index (χ0v) is 12.0. The minimum atomic E-state index is 0.505. The molecule has 0 aromatic carbocycles. The van der Waals surface area contributed by atoms with Crippen molar-refractivity contribution in [3.8, 4) is 0 Å². The number of tetrazole rings is 1. The van der Waals surface area contributed by atoms with E-state index in [1.165, 1.54) is 11.8 Å². The van der Waals surface area contributed by atoms with Crippen LogP contribution in [-0.2, 0) is 12.3 Å². The summed E-state index contributed by atoms with van der Waals surface area (Å²) < 4.78 is 3.60. The number of aromatic nitrogens is 6. The van der Waals surface area contributed by atoms with Crippen LogP contribution in [0.1, 0.15) is 5.69 Å². The highest BCUT2D eigenvalue weighted by Gasteiger charge is 2.08. The summed E-state index contributed by atoms with van der Waals surface area (Å²) in [7, 11) is 0. The van der Waals surface area contributed by atoms with Crippen LogP contribution in [0.4, 0.5) is 0 Å². The lowest BCUT2D eigenvalue weighted by Gasteiger charge is -2.00. The second-order valence-electron chi connectivity index (χ2n) is 4.11. The number of imidazole rings is 1. The molecule has 0 aliphatic carbocycles. The highest BCUT2D eigenvalue weighted by Crippen LogP contribution is 2.20. The lowest BCUT2D eigenvalue weighted by Crippen LogP contribution is -2.12. The third-order valence-electron chi connectivity index (χ3n) is 2.65. The average Bonchev–Trinajstić information content (AvgIpc) is 3.02. The van der Waals surface area contributed by atoms with Crippen molar-refractivity contribution in [1.82, 2.24) is 29.6 Å². The van der Waals surface area contributed by atoms with Gasteiger partial charge >= 0.3 is 0 Å². The molecule has 3 aromatic rings. The number of fused-ring (bicyclic) bond motifs is 1. The Bertz CT molecular complexity index is 722. The van der Waals surface area contributed by atoms with Crippen molar-refractivity contribution in [3.63, 3.8) is 0 Å². The van der Waals surface area contributed by atoms with Gasteiger partial charge in [-0.25, -0.2) is 9.67 Å². The first-order valence-corrected chi connectivity index (χ1v) is 7.35. The van der Waals surface area contributed by atoms with E-state index in [1.807, 2.05) is 28.9 Å². The van der Waals surface area contributed by atoms with Gasteiger partial charge in [0, 0.05) is 24.7 Å². The highest BCUT2D eigenvalue weighted by molar-refractivity contribution is 7.98. The third-order valence-corrected chi connectivity index (χ3v) is 3.87. The van der Waals surface area contributed by atoms with E-state index in [-0.39, 0.29) is 0 Å². The van der Waals surface area contributed by atoms with E-state index < -0.39 is 0 Å². The number of pyridine rings is 1. The summed E-state index contributed by atoms with van der Waals surface area (Å²) in [6, 6.07) is 3.71. The first kappa shape index (κ1) is 13.3. The number of hydrogen-bond donors (Lipinski definition) is 1. The summed E-state index contributed by atoms with van der Waals surface area (Å²) in [6.45, 7) is 1.11. The monoisotopic (exact) mass is 309 g/mol. The normalized spacial score (nSPS) is 11.3. The molecule has 0 amide bonds. The number of rotatable bonds is 5. The molecule has 3 rings (SSSR count). The molecular weight excluding hydrogens is 298 g/mol. The van der Waals surface area contributed by atoms with E-state index >= 15 is 0 Å². The van der Waals surface area contributed by atoms with Crippen LogP contribution >= 0.6 is 23.4 Å². The smallest absolute Gasteiger partial charge is 0.209 e. The molecule has 104 valence electrons. The quantitative estimate of drug-likeness (QED) is 0.713. The van der Waals surface area contributed by atoms with E-state index in [0.717, 1.165) is 16.5 Å². The van der Waals surface area contributed by atoms with Crippen molar-refractivity contribution in [3.05, 3.63) is 35.2 Å². The Morgan fingerprint density at radius 2 is 2.20 bits per heavy atom. The van der Waals surface area contributed by atoms with Gasteiger partial charge in [-0.05, 0) is 22.6 Å². The van der Waals surface area contributed by atoms with Crippen molar-refractivity contribution in [2.24, 2.45) is 5.73 Å². The maximum Gasteiger partial charge on any atom is 0.209 e. The second kappa shape index (κ2) is 5.78. The standard InChI is InChI=1S/C11H12ClN7S/c12-8-1-2-10-14-9(6-18(10)5-8)7-20-11-15-16-17-19(11)4-3-13/h1-2,5-6H,3-4,7,13H2. The van der Waals surface area contributed by atoms with Gasteiger partial charge in [0.1, 0.15) is 5.65 Å². The molecule has 3 heterocycles. The summed E-state index contributed by atoms with van der Waals surface area (Å²) in [5.74, 6) is 0.685. The van der Waals surface area contributed by atoms with Crippen LogP contribution < -0.4 is 5.73 Å². The van der Waals surface area contributed by atoms with Crippen molar-refractivity contribution in [1.29, 1.82) is 0 Å². The molecule has 0 saturated heterocycles. The molecule has 2 N–H and O–H groups in total. The average molecular weight is 310 g/mol. The third kappa shape index (κ3) is 2.77. The van der Waals surface area contributed by atoms with Gasteiger partial charge < -0.3 is 10.1 Å². The predicted octanol–water partition coefficient (Wildman–Crippen LogP) is 1.23. The van der Waals surface area contributed by atoms with Crippen molar-refractivity contribution in [2.45, 2.75) is 17.5 Å². The van der Waals surface area contributed by atoms with Crippen LogP contribution in [0.2, 0.25) is 5.02 Å². The molecule has 7 nitrogen and oxygen atoms in total. The SMILES string of the molecule is NCCn1nnnc1SCc1cn2cc(Cl)ccc2n1. The molecule has 0 bridgehead atoms. The van der Waals surface area contributed by atoms with Gasteiger partial charge in [0.25, 0.3) is 0 Å². The van der Waals surface area contributed by atoms with Gasteiger partial charge in [-0.3, -0.25) is 0 Å². The van der Waals surface area contributed by atoms with Gasteiger partial charge in [0.15, 0.2) is 0 Å². The van der Waals surface area contributed by atoms with Gasteiger partial charge in [-0.1, -0.05) is 23.4 Å². The van der Waals surface area contributed by atoms with E-state index in [1.54, 1.807) is 4.68 Å². The van der Waals surface area contributed by atoms with Crippen LogP contribution in [0, 0.1) is 0 Å². The van der Waals surface area contributed by atoms with E-state index in [9.17, 15) is 0 Å². The van der Waals surface area contributed by atoms with Crippen molar-refractivity contribution < 1.29 is 0 Å². The maximum absolute atomic E-state index is 5.95. The zero-order chi connectivity index (χ0) is 13.9. The Morgan fingerprint density at radius 1 is 1.30 bits per heavy atom. The molecule has 0 atom stereocenters. The highest BCUT2D eigenvalue weighted by atomic mass is 35.5. The maximum atomic E-state index is 5.95. The van der Waals surface area contributed by atoms with Gasteiger partial charge in [-0.2, -0.15) is 0 Å². The van der Waals surface area contributed by atoms with Gasteiger partial charge in [-0.15, -0.1) is 5.10 Å². The zero-order valence-electron chi connectivity index (χ0n) is 10.5. The number of halogens is 1. The minimum Gasteiger partial charge on any atom is -0.329 e. The molecule has 9 heteroatoms. The fourth-order valence-corrected chi connectivity index (χ4v) is 2.74. The molecule has 0 aliphatic rings. The molecule has 0 unspecified atom stereocenters. The molecule has 20 heavy (non-hydrogen) atoms. The summed E-state index contributed by atoms with van der Waals surface area (Å²) in [4.78, 5) is 4.51. The number of thioether (sulfide) groups is 1. The summed E-state index contributed by atoms with van der Waals surface area (Å²) in [6.07, 6.45) is 3.78.